The molecule has 0 atom stereocenters. The number of para-hydroxylation sites is 2. The first-order valence-electron chi connectivity index (χ1n) is 10.4. The van der Waals surface area contributed by atoms with Crippen LogP contribution in [0.25, 0.3) is 11.0 Å². The molecular formula is C23H21Cl2N7. The van der Waals surface area contributed by atoms with Gasteiger partial charge in [-0.1, -0.05) is 35.3 Å². The Hall–Kier alpha value is -3.00. The van der Waals surface area contributed by atoms with Crippen molar-refractivity contribution >= 4 is 51.7 Å². The van der Waals surface area contributed by atoms with Crippen molar-refractivity contribution in [2.24, 2.45) is 0 Å². The van der Waals surface area contributed by atoms with Crippen molar-refractivity contribution in [3.8, 4) is 0 Å². The first-order valence-corrected chi connectivity index (χ1v) is 11.1. The Bertz CT molecular complexity index is 1230. The van der Waals surface area contributed by atoms with Gasteiger partial charge in [0.1, 0.15) is 12.1 Å². The van der Waals surface area contributed by atoms with E-state index in [2.05, 4.69) is 25.1 Å². The zero-order valence-electron chi connectivity index (χ0n) is 17.2. The molecule has 32 heavy (non-hydrogen) atoms. The van der Waals surface area contributed by atoms with Crippen LogP contribution in [0.3, 0.4) is 0 Å². The summed E-state index contributed by atoms with van der Waals surface area (Å²) in [6.45, 7) is 4.17. The second-order valence-electron chi connectivity index (χ2n) is 7.60. The SMILES string of the molecule is Clc1ccc(Cl)c(CN2CCN(c3nc4ccccc4nc3Nc3ccncn3)CC2)c1. The van der Waals surface area contributed by atoms with Crippen LogP contribution >= 0.6 is 23.2 Å². The van der Waals surface area contributed by atoms with E-state index in [1.165, 1.54) is 6.33 Å². The molecule has 0 spiro atoms. The molecule has 1 fully saturated rings. The van der Waals surface area contributed by atoms with Gasteiger partial charge in [-0.2, -0.15) is 0 Å². The number of rotatable bonds is 5. The summed E-state index contributed by atoms with van der Waals surface area (Å²) in [5.41, 5.74) is 2.75. The number of nitrogens with one attached hydrogen (secondary N) is 1. The molecule has 1 aliphatic rings. The Labute approximate surface area is 196 Å². The second kappa shape index (κ2) is 9.24. The average molecular weight is 466 g/mol. The van der Waals surface area contributed by atoms with Crippen molar-refractivity contribution in [2.45, 2.75) is 6.54 Å². The second-order valence-corrected chi connectivity index (χ2v) is 8.45. The fourth-order valence-corrected chi connectivity index (χ4v) is 4.18. The van der Waals surface area contributed by atoms with E-state index in [1.807, 2.05) is 48.5 Å². The smallest absolute Gasteiger partial charge is 0.175 e. The first-order chi connectivity index (χ1) is 15.7. The van der Waals surface area contributed by atoms with Crippen LogP contribution in [-0.2, 0) is 6.54 Å². The lowest BCUT2D eigenvalue weighted by Crippen LogP contribution is -2.46. The monoisotopic (exact) mass is 465 g/mol. The predicted octanol–water partition coefficient (Wildman–Crippen LogP) is 4.79. The molecule has 1 N–H and O–H groups in total. The molecule has 0 radical (unpaired) electrons. The van der Waals surface area contributed by atoms with Crippen LogP contribution < -0.4 is 10.2 Å². The molecule has 3 heterocycles. The third kappa shape index (κ3) is 4.60. The summed E-state index contributed by atoms with van der Waals surface area (Å²) in [4.78, 5) is 22.7. The number of halogens is 2. The summed E-state index contributed by atoms with van der Waals surface area (Å²) in [7, 11) is 0. The molecule has 0 aliphatic carbocycles. The quantitative estimate of drug-likeness (QED) is 0.454. The third-order valence-corrected chi connectivity index (χ3v) is 6.06. The maximum atomic E-state index is 6.36. The normalized spacial score (nSPS) is 14.6. The summed E-state index contributed by atoms with van der Waals surface area (Å²) in [5, 5.41) is 4.76. The minimum absolute atomic E-state index is 0.681. The molecule has 162 valence electrons. The van der Waals surface area contributed by atoms with Gasteiger partial charge in [-0.25, -0.2) is 19.9 Å². The lowest BCUT2D eigenvalue weighted by atomic mass is 10.2. The molecule has 0 saturated carbocycles. The van der Waals surface area contributed by atoms with E-state index in [0.717, 1.165) is 60.2 Å². The highest BCUT2D eigenvalue weighted by Crippen LogP contribution is 2.29. The Morgan fingerprint density at radius 1 is 0.906 bits per heavy atom. The lowest BCUT2D eigenvalue weighted by Gasteiger charge is -2.36. The van der Waals surface area contributed by atoms with E-state index < -0.39 is 0 Å². The molecule has 5 rings (SSSR count). The molecular weight excluding hydrogens is 445 g/mol. The van der Waals surface area contributed by atoms with Gasteiger partial charge >= 0.3 is 0 Å². The summed E-state index contributed by atoms with van der Waals surface area (Å²) >= 11 is 12.5. The van der Waals surface area contributed by atoms with Gasteiger partial charge in [0.25, 0.3) is 0 Å². The average Bonchev–Trinajstić information content (AvgIpc) is 2.82. The zero-order valence-corrected chi connectivity index (χ0v) is 18.8. The van der Waals surface area contributed by atoms with Crippen molar-refractivity contribution in [2.75, 3.05) is 36.4 Å². The van der Waals surface area contributed by atoms with Gasteiger partial charge in [0, 0.05) is 49.0 Å². The first kappa shape index (κ1) is 20.9. The van der Waals surface area contributed by atoms with E-state index >= 15 is 0 Å². The summed E-state index contributed by atoms with van der Waals surface area (Å²) in [6, 6.07) is 15.3. The summed E-state index contributed by atoms with van der Waals surface area (Å²) in [5.74, 6) is 2.19. The minimum atomic E-state index is 0.681. The molecule has 1 aliphatic heterocycles. The fraction of sp³-hybridized carbons (Fsp3) is 0.217. The minimum Gasteiger partial charge on any atom is -0.351 e. The van der Waals surface area contributed by atoms with Crippen LogP contribution in [0.5, 0.6) is 0 Å². The number of benzene rings is 2. The number of hydrogen-bond donors (Lipinski definition) is 1. The highest BCUT2D eigenvalue weighted by Gasteiger charge is 2.23. The summed E-state index contributed by atoms with van der Waals surface area (Å²) < 4.78 is 0. The molecule has 9 heteroatoms. The number of anilines is 3. The van der Waals surface area contributed by atoms with Crippen LogP contribution in [0.1, 0.15) is 5.56 Å². The van der Waals surface area contributed by atoms with Crippen LogP contribution in [0.15, 0.2) is 61.1 Å². The maximum Gasteiger partial charge on any atom is 0.175 e. The zero-order chi connectivity index (χ0) is 21.9. The van der Waals surface area contributed by atoms with Crippen LogP contribution in [0, 0.1) is 0 Å². The van der Waals surface area contributed by atoms with E-state index in [0.29, 0.717) is 16.7 Å². The lowest BCUT2D eigenvalue weighted by molar-refractivity contribution is 0.249. The van der Waals surface area contributed by atoms with Gasteiger partial charge < -0.3 is 10.2 Å². The van der Waals surface area contributed by atoms with E-state index in [4.69, 9.17) is 33.2 Å². The van der Waals surface area contributed by atoms with Gasteiger partial charge in [-0.3, -0.25) is 4.90 Å². The molecule has 0 bridgehead atoms. The Kier molecular flexibility index (Phi) is 6.03. The molecule has 1 saturated heterocycles. The molecule has 0 unspecified atom stereocenters. The number of nitrogens with zero attached hydrogens (tertiary/aromatic N) is 6. The largest absolute Gasteiger partial charge is 0.351 e. The van der Waals surface area contributed by atoms with Crippen molar-refractivity contribution in [3.05, 3.63) is 76.7 Å². The van der Waals surface area contributed by atoms with Gasteiger partial charge in [0.15, 0.2) is 11.6 Å². The fourth-order valence-electron chi connectivity index (χ4n) is 3.80. The van der Waals surface area contributed by atoms with E-state index in [9.17, 15) is 0 Å². The maximum absolute atomic E-state index is 6.36. The van der Waals surface area contributed by atoms with Gasteiger partial charge in [0.2, 0.25) is 0 Å². The van der Waals surface area contributed by atoms with Gasteiger partial charge in [-0.15, -0.1) is 0 Å². The predicted molar refractivity (Wildman–Crippen MR) is 129 cm³/mol. The third-order valence-electron chi connectivity index (χ3n) is 5.45. The highest BCUT2D eigenvalue weighted by atomic mass is 35.5. The van der Waals surface area contributed by atoms with Gasteiger partial charge in [0.05, 0.1) is 11.0 Å². The van der Waals surface area contributed by atoms with Crippen LogP contribution in [0.4, 0.5) is 17.5 Å². The molecule has 2 aromatic carbocycles. The topological polar surface area (TPSA) is 70.1 Å². The molecule has 0 amide bonds. The van der Waals surface area contributed by atoms with Crippen molar-refractivity contribution in [3.63, 3.8) is 0 Å². The van der Waals surface area contributed by atoms with Crippen molar-refractivity contribution in [1.29, 1.82) is 0 Å². The standard InChI is InChI=1S/C23H21Cl2N7/c24-17-5-6-18(25)16(13-17)14-31-9-11-32(12-10-31)23-22(30-21-7-8-26-15-27-21)28-19-3-1-2-4-20(19)29-23/h1-8,13,15H,9-12,14H2,(H,26,27,28,30). The highest BCUT2D eigenvalue weighted by molar-refractivity contribution is 6.33. The summed E-state index contributed by atoms with van der Waals surface area (Å²) in [6.07, 6.45) is 3.21. The number of hydrogen-bond acceptors (Lipinski definition) is 7. The van der Waals surface area contributed by atoms with Gasteiger partial charge in [-0.05, 0) is 42.0 Å². The molecule has 2 aromatic heterocycles. The number of fused-ring (bicyclic) bond motifs is 1. The Morgan fingerprint density at radius 2 is 1.69 bits per heavy atom. The number of aromatic nitrogens is 4. The van der Waals surface area contributed by atoms with Crippen molar-refractivity contribution in [1.82, 2.24) is 24.8 Å². The van der Waals surface area contributed by atoms with E-state index in [-0.39, 0.29) is 0 Å². The van der Waals surface area contributed by atoms with Crippen LogP contribution in [-0.4, -0.2) is 51.0 Å². The molecule has 7 nitrogen and oxygen atoms in total. The van der Waals surface area contributed by atoms with E-state index in [1.54, 1.807) is 6.20 Å². The molecule has 4 aromatic rings. The Morgan fingerprint density at radius 3 is 2.44 bits per heavy atom. The number of piperazine rings is 1. The Balaban J connectivity index is 1.37. The van der Waals surface area contributed by atoms with Crippen LogP contribution in [0.2, 0.25) is 10.0 Å². The van der Waals surface area contributed by atoms with Crippen molar-refractivity contribution < 1.29 is 0 Å².